The molecule has 1 N–H and O–H groups in total. The van der Waals surface area contributed by atoms with Gasteiger partial charge < -0.3 is 4.90 Å². The molecule has 0 aliphatic carbocycles. The number of benzene rings is 2. The molecule has 8 heteroatoms. The average Bonchev–Trinajstić information content (AvgIpc) is 3.01. The summed E-state index contributed by atoms with van der Waals surface area (Å²) >= 11 is 1.54. The molecule has 1 amide bonds. The third-order valence-corrected chi connectivity index (χ3v) is 6.67. The van der Waals surface area contributed by atoms with Crippen LogP contribution < -0.4 is 4.72 Å². The highest BCUT2D eigenvalue weighted by atomic mass is 32.2. The summed E-state index contributed by atoms with van der Waals surface area (Å²) in [6, 6.07) is 13.9. The van der Waals surface area contributed by atoms with Gasteiger partial charge in [-0.2, -0.15) is 0 Å². The van der Waals surface area contributed by atoms with Crippen LogP contribution in [0.25, 0.3) is 10.2 Å². The van der Waals surface area contributed by atoms with Crippen molar-refractivity contribution in [1.29, 1.82) is 0 Å². The van der Waals surface area contributed by atoms with Crippen LogP contribution in [0.15, 0.2) is 53.4 Å². The summed E-state index contributed by atoms with van der Waals surface area (Å²) in [7, 11) is -2.02. The van der Waals surface area contributed by atoms with E-state index in [1.54, 1.807) is 56.2 Å². The van der Waals surface area contributed by atoms with Crippen molar-refractivity contribution >= 4 is 37.5 Å². The largest absolute Gasteiger partial charge is 0.335 e. The van der Waals surface area contributed by atoms with Crippen molar-refractivity contribution in [3.8, 4) is 0 Å². The number of nitrogens with one attached hydrogen (secondary N) is 1. The molecule has 6 nitrogen and oxygen atoms in total. The first kappa shape index (κ1) is 20.4. The third kappa shape index (κ3) is 4.76. The molecule has 0 aliphatic heterocycles. The van der Waals surface area contributed by atoms with Gasteiger partial charge in [0.15, 0.2) is 0 Å². The zero-order chi connectivity index (χ0) is 20.5. The van der Waals surface area contributed by atoms with Gasteiger partial charge in [0, 0.05) is 18.2 Å². The van der Waals surface area contributed by atoms with E-state index in [-0.39, 0.29) is 10.8 Å². The molecular weight excluding hydrogens is 394 g/mol. The molecular formula is C20H23N3O3S2. The Morgan fingerprint density at radius 2 is 1.86 bits per heavy atom. The lowest BCUT2D eigenvalue weighted by molar-refractivity contribution is 0.0785. The molecule has 0 saturated carbocycles. The Labute approximate surface area is 169 Å². The summed E-state index contributed by atoms with van der Waals surface area (Å²) in [5.74, 6) is -0.257. The fraction of sp³-hybridized carbons (Fsp3) is 0.300. The van der Waals surface area contributed by atoms with Gasteiger partial charge in [0.25, 0.3) is 5.91 Å². The van der Waals surface area contributed by atoms with Crippen molar-refractivity contribution in [2.24, 2.45) is 0 Å². The minimum absolute atomic E-state index is 0.0710. The fourth-order valence-electron chi connectivity index (χ4n) is 2.74. The molecule has 1 aromatic heterocycles. The zero-order valence-corrected chi connectivity index (χ0v) is 17.9. The van der Waals surface area contributed by atoms with E-state index in [2.05, 4.69) is 9.71 Å². The summed E-state index contributed by atoms with van der Waals surface area (Å²) in [6.45, 7) is 5.66. The van der Waals surface area contributed by atoms with Crippen molar-refractivity contribution in [3.05, 3.63) is 59.1 Å². The average molecular weight is 418 g/mol. The first-order chi connectivity index (χ1) is 13.0. The Morgan fingerprint density at radius 3 is 2.54 bits per heavy atom. The smallest absolute Gasteiger partial charge is 0.254 e. The summed E-state index contributed by atoms with van der Waals surface area (Å²) in [5, 5.41) is 0.829. The van der Waals surface area contributed by atoms with Crippen LogP contribution in [0.2, 0.25) is 0 Å². The second-order valence-electron chi connectivity index (χ2n) is 7.62. The number of hydrogen-bond donors (Lipinski definition) is 1. The molecule has 2 aromatic carbocycles. The Morgan fingerprint density at radius 1 is 1.14 bits per heavy atom. The maximum absolute atomic E-state index is 12.8. The van der Waals surface area contributed by atoms with Crippen molar-refractivity contribution in [1.82, 2.24) is 14.6 Å². The first-order valence-corrected chi connectivity index (χ1v) is 11.1. The Bertz CT molecular complexity index is 1080. The first-order valence-electron chi connectivity index (χ1n) is 8.79. The van der Waals surface area contributed by atoms with Gasteiger partial charge in [-0.25, -0.2) is 18.1 Å². The molecule has 0 fully saturated rings. The van der Waals surface area contributed by atoms with E-state index in [4.69, 9.17) is 0 Å². The lowest BCUT2D eigenvalue weighted by atomic mass is 10.1. The number of aromatic nitrogens is 1. The molecule has 0 unspecified atom stereocenters. The molecule has 28 heavy (non-hydrogen) atoms. The van der Waals surface area contributed by atoms with Gasteiger partial charge >= 0.3 is 0 Å². The number of thiazole rings is 1. The number of carbonyl (C=O) groups is 1. The van der Waals surface area contributed by atoms with Gasteiger partial charge in [0.2, 0.25) is 10.0 Å². The van der Waals surface area contributed by atoms with Crippen molar-refractivity contribution in [3.63, 3.8) is 0 Å². The number of rotatable bonds is 5. The predicted octanol–water partition coefficient (Wildman–Crippen LogP) is 3.65. The summed E-state index contributed by atoms with van der Waals surface area (Å²) in [5.41, 5.74) is 0.618. The molecule has 0 saturated heterocycles. The van der Waals surface area contributed by atoms with Crippen LogP contribution in [0.3, 0.4) is 0 Å². The monoisotopic (exact) mass is 417 g/mol. The third-order valence-electron chi connectivity index (χ3n) is 3.89. The molecule has 3 aromatic rings. The van der Waals surface area contributed by atoms with Crippen LogP contribution in [0.1, 0.15) is 36.1 Å². The van der Waals surface area contributed by atoms with E-state index < -0.39 is 15.6 Å². The van der Waals surface area contributed by atoms with E-state index in [1.165, 1.54) is 12.1 Å². The van der Waals surface area contributed by atoms with Crippen molar-refractivity contribution < 1.29 is 13.2 Å². The Kier molecular flexibility index (Phi) is 5.56. The number of hydrogen-bond acceptors (Lipinski definition) is 5. The summed E-state index contributed by atoms with van der Waals surface area (Å²) in [4.78, 5) is 19.0. The number of nitrogens with zero attached hydrogens (tertiary/aromatic N) is 2. The van der Waals surface area contributed by atoms with Crippen LogP contribution in [0.4, 0.5) is 0 Å². The maximum Gasteiger partial charge on any atom is 0.254 e. The van der Waals surface area contributed by atoms with Crippen LogP contribution >= 0.6 is 11.3 Å². The minimum Gasteiger partial charge on any atom is -0.335 e. The van der Waals surface area contributed by atoms with Crippen LogP contribution in [0, 0.1) is 0 Å². The van der Waals surface area contributed by atoms with Crippen molar-refractivity contribution in [2.75, 3.05) is 7.05 Å². The number of para-hydroxylation sites is 1. The van der Waals surface area contributed by atoms with Gasteiger partial charge in [-0.3, -0.25) is 4.79 Å². The van der Waals surface area contributed by atoms with Crippen LogP contribution in [-0.2, 0) is 16.6 Å². The van der Waals surface area contributed by atoms with Gasteiger partial charge in [-0.15, -0.1) is 11.3 Å². The van der Waals surface area contributed by atoms with E-state index >= 15 is 0 Å². The lowest BCUT2D eigenvalue weighted by Gasteiger charge is -2.21. The SMILES string of the molecule is CN(Cc1nc2ccccc2s1)C(=O)c1cccc(S(=O)(=O)NC(C)(C)C)c1. The lowest BCUT2D eigenvalue weighted by Crippen LogP contribution is -2.40. The normalized spacial score (nSPS) is 12.3. The van der Waals surface area contributed by atoms with Crippen LogP contribution in [-0.4, -0.2) is 36.8 Å². The quantitative estimate of drug-likeness (QED) is 0.687. The van der Waals surface area contributed by atoms with Crippen LogP contribution in [0.5, 0.6) is 0 Å². The number of carbonyl (C=O) groups excluding carboxylic acids is 1. The van der Waals surface area contributed by atoms with Gasteiger partial charge in [0.05, 0.1) is 21.7 Å². The Balaban J connectivity index is 1.80. The minimum atomic E-state index is -3.71. The highest BCUT2D eigenvalue weighted by molar-refractivity contribution is 7.89. The van der Waals surface area contributed by atoms with Gasteiger partial charge in [0.1, 0.15) is 5.01 Å². The van der Waals surface area contributed by atoms with E-state index in [0.717, 1.165) is 15.2 Å². The molecule has 148 valence electrons. The van der Waals surface area contributed by atoms with Gasteiger partial charge in [-0.1, -0.05) is 18.2 Å². The highest BCUT2D eigenvalue weighted by Gasteiger charge is 2.23. The number of amides is 1. The predicted molar refractivity (Wildman–Crippen MR) is 112 cm³/mol. The number of sulfonamides is 1. The zero-order valence-electron chi connectivity index (χ0n) is 16.3. The summed E-state index contributed by atoms with van der Waals surface area (Å²) in [6.07, 6.45) is 0. The molecule has 1 heterocycles. The second-order valence-corrected chi connectivity index (χ2v) is 10.4. The van der Waals surface area contributed by atoms with E-state index in [1.807, 2.05) is 24.3 Å². The fourth-order valence-corrected chi connectivity index (χ4v) is 5.23. The molecule has 3 rings (SSSR count). The molecule has 0 radical (unpaired) electrons. The molecule has 0 spiro atoms. The molecule has 0 aliphatic rings. The van der Waals surface area contributed by atoms with Gasteiger partial charge in [-0.05, 0) is 51.1 Å². The topological polar surface area (TPSA) is 79.4 Å². The summed E-state index contributed by atoms with van der Waals surface area (Å²) < 4.78 is 28.7. The van der Waals surface area contributed by atoms with E-state index in [9.17, 15) is 13.2 Å². The van der Waals surface area contributed by atoms with E-state index in [0.29, 0.717) is 12.1 Å². The number of fused-ring (bicyclic) bond motifs is 1. The highest BCUT2D eigenvalue weighted by Crippen LogP contribution is 2.23. The standard InChI is InChI=1S/C20H23N3O3S2/c1-20(2,3)22-28(25,26)15-9-7-8-14(12-15)19(24)23(4)13-18-21-16-10-5-6-11-17(16)27-18/h5-12,22H,13H2,1-4H3. The Hall–Kier alpha value is -2.29. The maximum atomic E-state index is 12.8. The van der Waals surface area contributed by atoms with Crippen molar-refractivity contribution in [2.45, 2.75) is 37.8 Å². The molecule has 0 bridgehead atoms. The second kappa shape index (κ2) is 7.62. The molecule has 0 atom stereocenters.